The summed E-state index contributed by atoms with van der Waals surface area (Å²) in [5.74, 6) is -0.871. The minimum atomic E-state index is -1.27. The van der Waals surface area contributed by atoms with Crippen LogP contribution in [0.4, 0.5) is 5.69 Å². The first-order valence-corrected chi connectivity index (χ1v) is 8.42. The molecule has 0 saturated heterocycles. The van der Waals surface area contributed by atoms with E-state index in [1.54, 1.807) is 31.2 Å². The number of ether oxygens (including phenoxy) is 1. The molecular formula is C17H13ClINO3. The Kier molecular flexibility index (Phi) is 4.33. The molecule has 3 rings (SSSR count). The number of carbonyl (C=O) groups excluding carboxylic acids is 2. The van der Waals surface area contributed by atoms with Gasteiger partial charge in [-0.15, -0.1) is 0 Å². The molecule has 1 aliphatic heterocycles. The normalized spacial score (nSPS) is 19.7. The lowest BCUT2D eigenvalue weighted by molar-refractivity contribution is -0.134. The average Bonchev–Trinajstić information content (AvgIpc) is 2.48. The Labute approximate surface area is 152 Å². The molecule has 0 saturated carbocycles. The third-order valence-corrected chi connectivity index (χ3v) is 4.91. The lowest BCUT2D eigenvalue weighted by Gasteiger charge is -2.33. The van der Waals surface area contributed by atoms with E-state index in [0.717, 1.165) is 3.57 Å². The number of halogens is 2. The largest absolute Gasteiger partial charge is 0.445 e. The molecule has 118 valence electrons. The monoisotopic (exact) mass is 441 g/mol. The Bertz CT molecular complexity index is 808. The van der Waals surface area contributed by atoms with Gasteiger partial charge in [0.25, 0.3) is 5.91 Å². The van der Waals surface area contributed by atoms with E-state index in [1.165, 1.54) is 0 Å². The molecule has 0 fully saturated rings. The van der Waals surface area contributed by atoms with E-state index in [-0.39, 0.29) is 12.3 Å². The van der Waals surface area contributed by atoms with Crippen LogP contribution in [-0.2, 0) is 16.0 Å². The molecule has 0 bridgehead atoms. The van der Waals surface area contributed by atoms with Crippen molar-refractivity contribution in [3.05, 3.63) is 62.2 Å². The fraction of sp³-hybridized carbons (Fsp3) is 0.176. The van der Waals surface area contributed by atoms with E-state index in [0.29, 0.717) is 21.8 Å². The average molecular weight is 442 g/mol. The second-order valence-electron chi connectivity index (χ2n) is 5.53. The van der Waals surface area contributed by atoms with Gasteiger partial charge in [-0.1, -0.05) is 23.7 Å². The van der Waals surface area contributed by atoms with Crippen LogP contribution in [0, 0.1) is 3.57 Å². The van der Waals surface area contributed by atoms with E-state index in [9.17, 15) is 9.59 Å². The van der Waals surface area contributed by atoms with Crippen LogP contribution in [0.3, 0.4) is 0 Å². The summed E-state index contributed by atoms with van der Waals surface area (Å²) in [6.45, 7) is 1.61. The van der Waals surface area contributed by atoms with Crippen molar-refractivity contribution in [1.29, 1.82) is 0 Å². The van der Waals surface area contributed by atoms with Crippen LogP contribution in [0.5, 0.6) is 0 Å². The summed E-state index contributed by atoms with van der Waals surface area (Å²) < 4.78 is 6.33. The second kappa shape index (κ2) is 6.13. The van der Waals surface area contributed by atoms with Gasteiger partial charge >= 0.3 is 5.97 Å². The first-order chi connectivity index (χ1) is 10.9. The first-order valence-electron chi connectivity index (χ1n) is 6.97. The maximum atomic E-state index is 12.7. The Morgan fingerprint density at radius 3 is 2.78 bits per heavy atom. The summed E-state index contributed by atoms with van der Waals surface area (Å²) in [4.78, 5) is 24.8. The highest BCUT2D eigenvalue weighted by molar-refractivity contribution is 14.1. The summed E-state index contributed by atoms with van der Waals surface area (Å²) in [6.07, 6.45) is 0.282. The minimum absolute atomic E-state index is 0.282. The van der Waals surface area contributed by atoms with Crippen LogP contribution in [-0.4, -0.2) is 17.5 Å². The van der Waals surface area contributed by atoms with Gasteiger partial charge in [-0.25, -0.2) is 4.79 Å². The molecule has 1 aliphatic rings. The molecule has 0 radical (unpaired) electrons. The molecule has 4 nitrogen and oxygen atoms in total. The van der Waals surface area contributed by atoms with E-state index in [1.807, 2.05) is 18.2 Å². The van der Waals surface area contributed by atoms with Crippen molar-refractivity contribution in [2.75, 3.05) is 5.32 Å². The predicted octanol–water partition coefficient (Wildman–Crippen LogP) is 4.05. The molecule has 0 aromatic heterocycles. The molecule has 1 amide bonds. The fourth-order valence-corrected chi connectivity index (χ4v) is 3.23. The van der Waals surface area contributed by atoms with E-state index >= 15 is 0 Å². The molecule has 1 N–H and O–H groups in total. The van der Waals surface area contributed by atoms with Crippen molar-refractivity contribution in [1.82, 2.24) is 0 Å². The van der Waals surface area contributed by atoms with Crippen LogP contribution in [0.1, 0.15) is 22.8 Å². The highest BCUT2D eigenvalue weighted by Gasteiger charge is 2.42. The summed E-state index contributed by atoms with van der Waals surface area (Å²) in [6, 6.07) is 12.4. The summed E-state index contributed by atoms with van der Waals surface area (Å²) in [7, 11) is 0. The molecular weight excluding hydrogens is 429 g/mol. The van der Waals surface area contributed by atoms with Gasteiger partial charge in [0, 0.05) is 15.0 Å². The molecule has 1 atom stereocenters. The van der Waals surface area contributed by atoms with Crippen molar-refractivity contribution >= 4 is 51.8 Å². The Balaban J connectivity index is 1.89. The van der Waals surface area contributed by atoms with E-state index in [2.05, 4.69) is 27.9 Å². The van der Waals surface area contributed by atoms with Gasteiger partial charge in [0.2, 0.25) is 0 Å². The van der Waals surface area contributed by atoms with Crippen molar-refractivity contribution in [2.45, 2.75) is 18.9 Å². The van der Waals surface area contributed by atoms with E-state index < -0.39 is 11.6 Å². The Morgan fingerprint density at radius 1 is 1.30 bits per heavy atom. The van der Waals surface area contributed by atoms with Crippen molar-refractivity contribution in [2.24, 2.45) is 0 Å². The van der Waals surface area contributed by atoms with Crippen LogP contribution < -0.4 is 5.32 Å². The SMILES string of the molecule is CC1(C(=O)Nc2ccccc2I)Cc2cc(Cl)ccc2C(=O)O1. The number of esters is 1. The molecule has 0 aliphatic carbocycles. The topological polar surface area (TPSA) is 55.4 Å². The van der Waals surface area contributed by atoms with E-state index in [4.69, 9.17) is 16.3 Å². The number of hydrogen-bond donors (Lipinski definition) is 1. The number of fused-ring (bicyclic) bond motifs is 1. The van der Waals surface area contributed by atoms with Gasteiger partial charge in [0.05, 0.1) is 11.3 Å². The maximum absolute atomic E-state index is 12.7. The van der Waals surface area contributed by atoms with Gasteiger partial charge in [-0.3, -0.25) is 4.79 Å². The number of benzene rings is 2. The summed E-state index contributed by atoms with van der Waals surface area (Å²) in [5, 5.41) is 3.36. The molecule has 6 heteroatoms. The number of hydrogen-bond acceptors (Lipinski definition) is 3. The number of para-hydroxylation sites is 1. The van der Waals surface area contributed by atoms with Crippen LogP contribution in [0.25, 0.3) is 0 Å². The minimum Gasteiger partial charge on any atom is -0.445 e. The zero-order valence-corrected chi connectivity index (χ0v) is 15.1. The van der Waals surface area contributed by atoms with Crippen LogP contribution >= 0.6 is 34.2 Å². The predicted molar refractivity (Wildman–Crippen MR) is 96.8 cm³/mol. The van der Waals surface area contributed by atoms with Crippen LogP contribution in [0.15, 0.2) is 42.5 Å². The van der Waals surface area contributed by atoms with Gasteiger partial charge in [0.15, 0.2) is 5.60 Å². The lowest BCUT2D eigenvalue weighted by atomic mass is 9.89. The van der Waals surface area contributed by atoms with Crippen molar-refractivity contribution < 1.29 is 14.3 Å². The Hall–Kier alpha value is -1.60. The number of carbonyl (C=O) groups is 2. The molecule has 2 aromatic carbocycles. The zero-order valence-electron chi connectivity index (χ0n) is 12.2. The number of rotatable bonds is 2. The van der Waals surface area contributed by atoms with Gasteiger partial charge in [-0.2, -0.15) is 0 Å². The third-order valence-electron chi connectivity index (χ3n) is 3.74. The molecule has 1 heterocycles. The second-order valence-corrected chi connectivity index (χ2v) is 7.13. The van der Waals surface area contributed by atoms with Gasteiger partial charge < -0.3 is 10.1 Å². The fourth-order valence-electron chi connectivity index (χ4n) is 2.51. The number of amides is 1. The maximum Gasteiger partial charge on any atom is 0.339 e. The highest BCUT2D eigenvalue weighted by Crippen LogP contribution is 2.31. The smallest absolute Gasteiger partial charge is 0.339 e. The van der Waals surface area contributed by atoms with Gasteiger partial charge in [0.1, 0.15) is 0 Å². The number of anilines is 1. The zero-order chi connectivity index (χ0) is 16.6. The van der Waals surface area contributed by atoms with Crippen LogP contribution in [0.2, 0.25) is 5.02 Å². The van der Waals surface area contributed by atoms with Crippen molar-refractivity contribution in [3.8, 4) is 0 Å². The number of cyclic esters (lactones) is 1. The quantitative estimate of drug-likeness (QED) is 0.565. The first kappa shape index (κ1) is 16.3. The molecule has 0 spiro atoms. The Morgan fingerprint density at radius 2 is 2.04 bits per heavy atom. The van der Waals surface area contributed by atoms with Gasteiger partial charge in [-0.05, 0) is 65.4 Å². The summed E-state index contributed by atoms with van der Waals surface area (Å²) in [5.41, 5.74) is 0.587. The summed E-state index contributed by atoms with van der Waals surface area (Å²) >= 11 is 8.13. The standard InChI is InChI=1S/C17H13ClINO3/c1-17(16(22)20-14-5-3-2-4-13(14)19)9-10-8-11(18)6-7-12(10)15(21)23-17/h2-8H,9H2,1H3,(H,20,22). The molecule has 2 aromatic rings. The lowest BCUT2D eigenvalue weighted by Crippen LogP contribution is -2.49. The number of nitrogens with one attached hydrogen (secondary N) is 1. The van der Waals surface area contributed by atoms with Crippen molar-refractivity contribution in [3.63, 3.8) is 0 Å². The third kappa shape index (κ3) is 3.21. The highest BCUT2D eigenvalue weighted by atomic mass is 127. The molecule has 1 unspecified atom stereocenters. The molecule has 23 heavy (non-hydrogen) atoms.